The Bertz CT molecular complexity index is 1840. The average Bonchev–Trinajstić information content (AvgIpc) is 3.54. The highest BCUT2D eigenvalue weighted by atomic mass is 32.2. The van der Waals surface area contributed by atoms with Crippen LogP contribution in [0.5, 0.6) is 11.5 Å². The number of nitrogens with one attached hydrogen (secondary N) is 1. The van der Waals surface area contributed by atoms with Crippen molar-refractivity contribution in [2.45, 2.75) is 44.2 Å². The van der Waals surface area contributed by atoms with E-state index in [9.17, 15) is 18.3 Å². The molecule has 0 aliphatic rings. The molecule has 0 saturated heterocycles. The fourth-order valence-electron chi connectivity index (χ4n) is 5.61. The molecule has 0 unspecified atom stereocenters. The van der Waals surface area contributed by atoms with E-state index in [1.807, 2.05) is 92.7 Å². The van der Waals surface area contributed by atoms with Gasteiger partial charge in [-0.05, 0) is 72.9 Å². The van der Waals surface area contributed by atoms with E-state index >= 15 is 0 Å². The summed E-state index contributed by atoms with van der Waals surface area (Å²) < 4.78 is 44.4. The Morgan fingerprint density at radius 3 is 1.79 bits per heavy atom. The van der Waals surface area contributed by atoms with Gasteiger partial charge in [0.05, 0.1) is 24.3 Å². The monoisotopic (exact) mass is 654 g/mol. The zero-order valence-electron chi connectivity index (χ0n) is 26.7. The van der Waals surface area contributed by atoms with Crippen molar-refractivity contribution < 1.29 is 27.8 Å². The molecule has 11 heteroatoms. The molecule has 0 radical (unpaired) electrons. The van der Waals surface area contributed by atoms with E-state index in [1.54, 1.807) is 32.2 Å². The minimum absolute atomic E-state index is 0.0383. The smallest absolute Gasteiger partial charge is 0.328 e. The van der Waals surface area contributed by atoms with Gasteiger partial charge in [-0.15, -0.1) is 5.10 Å². The summed E-state index contributed by atoms with van der Waals surface area (Å²) in [5.41, 5.74) is 1.77. The number of aromatic nitrogens is 3. The van der Waals surface area contributed by atoms with Crippen LogP contribution in [-0.4, -0.2) is 47.7 Å². The van der Waals surface area contributed by atoms with Crippen molar-refractivity contribution in [3.63, 3.8) is 0 Å². The van der Waals surface area contributed by atoms with E-state index in [1.165, 1.54) is 16.8 Å². The van der Waals surface area contributed by atoms with Crippen LogP contribution in [0.1, 0.15) is 50.4 Å². The first kappa shape index (κ1) is 33.4. The van der Waals surface area contributed by atoms with Gasteiger partial charge in [-0.2, -0.15) is 4.72 Å². The highest BCUT2D eigenvalue weighted by Gasteiger charge is 2.41. The van der Waals surface area contributed by atoms with Crippen molar-refractivity contribution in [1.82, 2.24) is 19.7 Å². The highest BCUT2D eigenvalue weighted by Crippen LogP contribution is 2.40. The van der Waals surface area contributed by atoms with Gasteiger partial charge in [0.15, 0.2) is 6.04 Å². The van der Waals surface area contributed by atoms with E-state index in [-0.39, 0.29) is 10.8 Å². The van der Waals surface area contributed by atoms with Crippen LogP contribution in [-0.2, 0) is 20.4 Å². The van der Waals surface area contributed by atoms with Gasteiger partial charge >= 0.3 is 5.97 Å². The van der Waals surface area contributed by atoms with E-state index in [2.05, 4.69) is 15.0 Å². The number of hydrogen-bond acceptors (Lipinski definition) is 7. The molecule has 0 saturated carbocycles. The molecule has 4 aromatic carbocycles. The molecule has 0 fully saturated rings. The van der Waals surface area contributed by atoms with Crippen LogP contribution in [0.25, 0.3) is 11.3 Å². The zero-order valence-corrected chi connectivity index (χ0v) is 27.5. The Balaban J connectivity index is 1.58. The normalized spacial score (nSPS) is 12.5. The number of aliphatic carboxylic acids is 1. The maximum Gasteiger partial charge on any atom is 0.328 e. The number of carbonyl (C=O) groups is 1. The molecule has 244 valence electrons. The van der Waals surface area contributed by atoms with Gasteiger partial charge in [0.2, 0.25) is 10.0 Å². The zero-order chi connectivity index (χ0) is 33.6. The summed E-state index contributed by atoms with van der Waals surface area (Å²) in [6, 6.07) is 29.6. The van der Waals surface area contributed by atoms with Crippen LogP contribution in [0.4, 0.5) is 0 Å². The largest absolute Gasteiger partial charge is 0.494 e. The number of carboxylic acids is 1. The lowest BCUT2D eigenvalue weighted by atomic mass is 9.78. The third kappa shape index (κ3) is 7.06. The number of carboxylic acid groups (broad SMARTS) is 1. The number of hydrogen-bond donors (Lipinski definition) is 2. The maximum absolute atomic E-state index is 14.3. The molecule has 5 rings (SSSR count). The Kier molecular flexibility index (Phi) is 10.1. The Morgan fingerprint density at radius 1 is 0.809 bits per heavy atom. The van der Waals surface area contributed by atoms with E-state index < -0.39 is 27.6 Å². The lowest BCUT2D eigenvalue weighted by Crippen LogP contribution is -2.47. The number of rotatable bonds is 14. The molecule has 1 atom stereocenters. The second kappa shape index (κ2) is 14.2. The molecule has 0 aliphatic heterocycles. The molecular formula is C36H38N4O6S. The van der Waals surface area contributed by atoms with Crippen molar-refractivity contribution in [3.8, 4) is 22.8 Å². The van der Waals surface area contributed by atoms with Gasteiger partial charge in [-0.25, -0.2) is 17.9 Å². The molecule has 10 nitrogen and oxygen atoms in total. The molecular weight excluding hydrogens is 616 g/mol. The summed E-state index contributed by atoms with van der Waals surface area (Å²) in [4.78, 5) is 11.8. The SMILES string of the molecule is CCOc1ccc(C(NS(=O)(=O)c2ccc(-c3cn([C@H](C(=O)O)C(C)C)nn3)cc2)(c2ccccc2)c2ccc(OCC)cc2)cc1. The summed E-state index contributed by atoms with van der Waals surface area (Å²) in [6.45, 7) is 8.40. The van der Waals surface area contributed by atoms with Crippen LogP contribution in [0.15, 0.2) is 114 Å². The molecule has 1 aromatic heterocycles. The third-order valence-electron chi connectivity index (χ3n) is 7.83. The van der Waals surface area contributed by atoms with Gasteiger partial charge in [-0.1, -0.05) is 85.8 Å². The second-order valence-corrected chi connectivity index (χ2v) is 13.0. The van der Waals surface area contributed by atoms with E-state index in [0.29, 0.717) is 52.7 Å². The summed E-state index contributed by atoms with van der Waals surface area (Å²) in [5.74, 6) is 0.119. The van der Waals surface area contributed by atoms with Crippen LogP contribution in [0.3, 0.4) is 0 Å². The predicted octanol–water partition coefficient (Wildman–Crippen LogP) is 6.29. The summed E-state index contributed by atoms with van der Waals surface area (Å²) >= 11 is 0. The molecule has 5 aromatic rings. The minimum atomic E-state index is -4.16. The Hall–Kier alpha value is -5.00. The number of nitrogens with zero attached hydrogens (tertiary/aromatic N) is 3. The molecule has 0 amide bonds. The summed E-state index contributed by atoms with van der Waals surface area (Å²) in [6.07, 6.45) is 1.55. The number of benzene rings is 4. The summed E-state index contributed by atoms with van der Waals surface area (Å²) in [7, 11) is -4.16. The standard InChI is InChI=1S/C36H38N4O6S/c1-5-45-30-18-14-28(15-19-30)36(27-10-8-7-9-11-27,29-16-20-31(21-17-29)46-6-2)38-47(43,44)32-22-12-26(13-23-32)33-24-40(39-37-33)34(25(3)4)35(41)42/h7-25,34,38H,5-6H2,1-4H3,(H,41,42)/t34-/m0/s1. The fraction of sp³-hybridized carbons (Fsp3) is 0.250. The first-order chi connectivity index (χ1) is 22.6. The van der Waals surface area contributed by atoms with Gasteiger partial charge < -0.3 is 14.6 Å². The van der Waals surface area contributed by atoms with Gasteiger partial charge in [0.25, 0.3) is 0 Å². The molecule has 0 spiro atoms. The van der Waals surface area contributed by atoms with Gasteiger partial charge in [0, 0.05) is 5.56 Å². The van der Waals surface area contributed by atoms with Crippen molar-refractivity contribution in [2.75, 3.05) is 13.2 Å². The van der Waals surface area contributed by atoms with Crippen molar-refractivity contribution in [3.05, 3.63) is 126 Å². The van der Waals surface area contributed by atoms with Crippen LogP contribution in [0, 0.1) is 5.92 Å². The van der Waals surface area contributed by atoms with Crippen LogP contribution >= 0.6 is 0 Å². The first-order valence-electron chi connectivity index (χ1n) is 15.4. The van der Waals surface area contributed by atoms with Crippen molar-refractivity contribution in [2.24, 2.45) is 5.92 Å². The maximum atomic E-state index is 14.3. The Morgan fingerprint density at radius 2 is 1.32 bits per heavy atom. The molecule has 47 heavy (non-hydrogen) atoms. The number of ether oxygens (including phenoxy) is 2. The van der Waals surface area contributed by atoms with Gasteiger partial charge in [-0.3, -0.25) is 0 Å². The average molecular weight is 655 g/mol. The van der Waals surface area contributed by atoms with Crippen LogP contribution < -0.4 is 14.2 Å². The predicted molar refractivity (Wildman–Crippen MR) is 179 cm³/mol. The van der Waals surface area contributed by atoms with Gasteiger partial charge in [0.1, 0.15) is 22.7 Å². The quantitative estimate of drug-likeness (QED) is 0.134. The van der Waals surface area contributed by atoms with E-state index in [4.69, 9.17) is 9.47 Å². The van der Waals surface area contributed by atoms with Crippen molar-refractivity contribution in [1.29, 1.82) is 0 Å². The fourth-order valence-corrected chi connectivity index (χ4v) is 6.98. The second-order valence-electron chi connectivity index (χ2n) is 11.3. The van der Waals surface area contributed by atoms with Crippen LogP contribution in [0.2, 0.25) is 0 Å². The summed E-state index contributed by atoms with van der Waals surface area (Å²) in [5, 5.41) is 17.8. The number of sulfonamides is 1. The van der Waals surface area contributed by atoms with E-state index in [0.717, 1.165) is 0 Å². The minimum Gasteiger partial charge on any atom is -0.494 e. The Labute approximate surface area is 275 Å². The molecule has 0 bridgehead atoms. The lowest BCUT2D eigenvalue weighted by Gasteiger charge is -2.36. The first-order valence-corrected chi connectivity index (χ1v) is 16.9. The molecule has 1 heterocycles. The highest BCUT2D eigenvalue weighted by molar-refractivity contribution is 7.89. The van der Waals surface area contributed by atoms with Crippen molar-refractivity contribution >= 4 is 16.0 Å². The lowest BCUT2D eigenvalue weighted by molar-refractivity contribution is -0.142. The topological polar surface area (TPSA) is 133 Å². The third-order valence-corrected chi connectivity index (χ3v) is 9.30. The molecule has 0 aliphatic carbocycles. The molecule has 2 N–H and O–H groups in total.